The van der Waals surface area contributed by atoms with Gasteiger partial charge in [0, 0.05) is 12.7 Å². The summed E-state index contributed by atoms with van der Waals surface area (Å²) in [6.07, 6.45) is 10.7. The molecule has 0 aromatic carbocycles. The predicted molar refractivity (Wildman–Crippen MR) is 64.2 cm³/mol. The van der Waals surface area contributed by atoms with Gasteiger partial charge in [0.1, 0.15) is 5.82 Å². The maximum Gasteiger partial charge on any atom is 0.137 e. The smallest absolute Gasteiger partial charge is 0.137 e. The van der Waals surface area contributed by atoms with E-state index in [9.17, 15) is 0 Å². The van der Waals surface area contributed by atoms with Crippen LogP contribution in [-0.2, 0) is 6.42 Å². The Hall–Kier alpha value is -1.57. The van der Waals surface area contributed by atoms with Crippen LogP contribution in [0.25, 0.3) is 12.2 Å². The summed E-state index contributed by atoms with van der Waals surface area (Å²) >= 11 is 0. The van der Waals surface area contributed by atoms with Gasteiger partial charge in [0.05, 0.1) is 0 Å². The van der Waals surface area contributed by atoms with Crippen LogP contribution in [0.3, 0.4) is 0 Å². The quantitative estimate of drug-likeness (QED) is 0.687. The molecule has 0 aliphatic heterocycles. The molecule has 1 heterocycles. The fraction of sp³-hybridized carbons (Fsp3) is 0.250. The van der Waals surface area contributed by atoms with Gasteiger partial charge in [-0.15, -0.1) is 0 Å². The van der Waals surface area contributed by atoms with Gasteiger partial charge in [0.25, 0.3) is 0 Å². The van der Waals surface area contributed by atoms with Gasteiger partial charge in [-0.1, -0.05) is 18.2 Å². The van der Waals surface area contributed by atoms with Crippen LogP contribution in [0.4, 0.5) is 5.82 Å². The summed E-state index contributed by atoms with van der Waals surface area (Å²) in [6, 6.07) is 0. The lowest BCUT2D eigenvalue weighted by molar-refractivity contribution is 0.983. The molecule has 0 unspecified atom stereocenters. The van der Waals surface area contributed by atoms with Gasteiger partial charge < -0.3 is 4.98 Å². The zero-order valence-electron chi connectivity index (χ0n) is 8.38. The largest absolute Gasteiger partial charge is 0.340 e. The lowest BCUT2D eigenvalue weighted by atomic mass is 10.00. The number of aromatic nitrogens is 1. The van der Waals surface area contributed by atoms with Gasteiger partial charge in [-0.2, -0.15) is 0 Å². The van der Waals surface area contributed by atoms with Crippen molar-refractivity contribution in [3.05, 3.63) is 29.0 Å². The highest BCUT2D eigenvalue weighted by molar-refractivity contribution is 5.73. The van der Waals surface area contributed by atoms with E-state index in [1.807, 2.05) is 13.0 Å². The van der Waals surface area contributed by atoms with Crippen molar-refractivity contribution in [3.63, 3.8) is 0 Å². The number of nitrogens with one attached hydrogen (secondary N) is 1. The summed E-state index contributed by atoms with van der Waals surface area (Å²) in [5, 5.41) is 0. The number of aromatic amines is 1. The molecule has 2 nitrogen and oxygen atoms in total. The van der Waals surface area contributed by atoms with Gasteiger partial charge >= 0.3 is 0 Å². The van der Waals surface area contributed by atoms with Gasteiger partial charge in [-0.05, 0) is 38.1 Å². The molecule has 1 N–H and O–H groups in total. The fourth-order valence-electron chi connectivity index (χ4n) is 1.87. The zero-order valence-corrected chi connectivity index (χ0v) is 8.38. The second kappa shape index (κ2) is 3.66. The van der Waals surface area contributed by atoms with Gasteiger partial charge in [0.15, 0.2) is 0 Å². The highest BCUT2D eigenvalue weighted by atomic mass is 14.9. The SMILES string of the molecule is C=Nc1[nH]c2c(c1/C=C\C)CCC=C2.[HH]. The summed E-state index contributed by atoms with van der Waals surface area (Å²) in [5.74, 6) is 0.889. The molecule has 0 fully saturated rings. The van der Waals surface area contributed by atoms with E-state index in [0.717, 1.165) is 18.7 Å². The van der Waals surface area contributed by atoms with Crippen LogP contribution in [0, 0.1) is 0 Å². The van der Waals surface area contributed by atoms with Crippen molar-refractivity contribution in [2.45, 2.75) is 19.8 Å². The number of hydrogen-bond acceptors (Lipinski definition) is 1. The summed E-state index contributed by atoms with van der Waals surface area (Å²) in [7, 11) is 0. The van der Waals surface area contributed by atoms with E-state index in [4.69, 9.17) is 0 Å². The topological polar surface area (TPSA) is 28.1 Å². The van der Waals surface area contributed by atoms with Crippen molar-refractivity contribution in [2.75, 3.05) is 0 Å². The Labute approximate surface area is 85.6 Å². The Morgan fingerprint density at radius 1 is 1.64 bits per heavy atom. The molecule has 0 spiro atoms. The van der Waals surface area contributed by atoms with E-state index in [-0.39, 0.29) is 1.43 Å². The highest BCUT2D eigenvalue weighted by Crippen LogP contribution is 2.31. The third kappa shape index (κ3) is 1.33. The maximum absolute atomic E-state index is 4.00. The van der Waals surface area contributed by atoms with Gasteiger partial charge in [-0.3, -0.25) is 0 Å². The number of rotatable bonds is 2. The highest BCUT2D eigenvalue weighted by Gasteiger charge is 2.14. The summed E-state index contributed by atoms with van der Waals surface area (Å²) in [6.45, 7) is 5.60. The minimum Gasteiger partial charge on any atom is -0.340 e. The second-order valence-electron chi connectivity index (χ2n) is 3.38. The normalized spacial score (nSPS) is 14.6. The Balaban J connectivity index is 0.00000112. The van der Waals surface area contributed by atoms with Gasteiger partial charge in [0.2, 0.25) is 0 Å². The number of aliphatic imine (C=N–C) groups is 1. The van der Waals surface area contributed by atoms with E-state index in [0.29, 0.717) is 0 Å². The lowest BCUT2D eigenvalue weighted by Gasteiger charge is -2.04. The van der Waals surface area contributed by atoms with Crippen molar-refractivity contribution in [1.82, 2.24) is 4.98 Å². The first kappa shape index (κ1) is 9.00. The Morgan fingerprint density at radius 3 is 3.21 bits per heavy atom. The molecule has 0 atom stereocenters. The third-order valence-corrected chi connectivity index (χ3v) is 2.50. The van der Waals surface area contributed by atoms with Crippen LogP contribution < -0.4 is 0 Å². The number of hydrogen-bond donors (Lipinski definition) is 1. The van der Waals surface area contributed by atoms with E-state index >= 15 is 0 Å². The second-order valence-corrected chi connectivity index (χ2v) is 3.38. The maximum atomic E-state index is 4.00. The molecule has 0 saturated heterocycles. The van der Waals surface area contributed by atoms with Crippen LogP contribution in [0.15, 0.2) is 17.1 Å². The number of nitrogens with zero attached hydrogens (tertiary/aromatic N) is 1. The van der Waals surface area contributed by atoms with Crippen LogP contribution in [-0.4, -0.2) is 11.7 Å². The van der Waals surface area contributed by atoms with Crippen LogP contribution in [0.5, 0.6) is 0 Å². The van der Waals surface area contributed by atoms with Crippen molar-refractivity contribution in [2.24, 2.45) is 4.99 Å². The molecule has 74 valence electrons. The number of allylic oxidation sites excluding steroid dienone is 2. The minimum absolute atomic E-state index is 0. The Bertz CT molecular complexity index is 414. The first-order valence-corrected chi connectivity index (χ1v) is 4.87. The Morgan fingerprint density at radius 2 is 2.50 bits per heavy atom. The van der Waals surface area contributed by atoms with Crippen molar-refractivity contribution in [3.8, 4) is 0 Å². The summed E-state index contributed by atoms with van der Waals surface area (Å²) < 4.78 is 0. The molecule has 2 rings (SSSR count). The summed E-state index contributed by atoms with van der Waals surface area (Å²) in [4.78, 5) is 7.27. The van der Waals surface area contributed by atoms with Crippen LogP contribution in [0.2, 0.25) is 0 Å². The monoisotopic (exact) mass is 188 g/mol. The van der Waals surface area contributed by atoms with Crippen LogP contribution in [0.1, 0.15) is 31.6 Å². The molecule has 1 aliphatic carbocycles. The average molecular weight is 188 g/mol. The molecular formula is C12H16N2. The number of fused-ring (bicyclic) bond motifs is 1. The fourth-order valence-corrected chi connectivity index (χ4v) is 1.87. The first-order chi connectivity index (χ1) is 6.86. The molecule has 0 bridgehead atoms. The average Bonchev–Trinajstić information content (AvgIpc) is 2.58. The molecule has 1 aromatic rings. The molecule has 1 aliphatic rings. The van der Waals surface area contributed by atoms with E-state index in [1.54, 1.807) is 0 Å². The molecule has 0 amide bonds. The van der Waals surface area contributed by atoms with Crippen molar-refractivity contribution in [1.29, 1.82) is 0 Å². The Kier molecular flexibility index (Phi) is 2.35. The van der Waals surface area contributed by atoms with E-state index < -0.39 is 0 Å². The minimum atomic E-state index is 0. The summed E-state index contributed by atoms with van der Waals surface area (Å²) in [5.41, 5.74) is 3.75. The zero-order chi connectivity index (χ0) is 9.97. The third-order valence-electron chi connectivity index (χ3n) is 2.50. The van der Waals surface area contributed by atoms with Crippen molar-refractivity contribution < 1.29 is 1.43 Å². The standard InChI is InChI=1S/C12H14N2.H2/c1-3-6-10-9-7-4-5-8-11(9)14-12(10)13-2;/h3,5-6,8,14H,2,4,7H2,1H3;1H/b6-3-;. The number of H-pyrrole nitrogens is 1. The van der Waals surface area contributed by atoms with E-state index in [2.05, 4.69) is 34.9 Å². The molecule has 2 heteroatoms. The molecular weight excluding hydrogens is 172 g/mol. The molecule has 14 heavy (non-hydrogen) atoms. The first-order valence-electron chi connectivity index (χ1n) is 4.87. The molecule has 1 aromatic heterocycles. The molecule has 0 radical (unpaired) electrons. The van der Waals surface area contributed by atoms with Crippen LogP contribution >= 0.6 is 0 Å². The van der Waals surface area contributed by atoms with Gasteiger partial charge in [-0.25, -0.2) is 4.99 Å². The molecule has 0 saturated carbocycles. The predicted octanol–water partition coefficient (Wildman–Crippen LogP) is 3.59. The van der Waals surface area contributed by atoms with Crippen molar-refractivity contribution >= 4 is 24.7 Å². The van der Waals surface area contributed by atoms with E-state index in [1.165, 1.54) is 16.8 Å². The lowest BCUT2D eigenvalue weighted by Crippen LogP contribution is -1.91.